The normalized spacial score (nSPS) is 11.4. The van der Waals surface area contributed by atoms with Crippen LogP contribution in [-0.2, 0) is 4.79 Å². The Kier molecular flexibility index (Phi) is 7.61. The summed E-state index contributed by atoms with van der Waals surface area (Å²) in [4.78, 5) is 16.0. The fraction of sp³-hybridized carbons (Fsp3) is 0.857. The molecule has 18 heavy (non-hydrogen) atoms. The molecule has 0 fully saturated rings. The van der Waals surface area contributed by atoms with Gasteiger partial charge in [-0.15, -0.1) is 0 Å². The first kappa shape index (κ1) is 16.9. The third kappa shape index (κ3) is 7.29. The minimum absolute atomic E-state index is 0.138. The minimum Gasteiger partial charge on any atom is -0.342 e. The Balaban J connectivity index is 4.48. The molecule has 0 saturated carbocycles. The maximum absolute atomic E-state index is 12.1. The van der Waals surface area contributed by atoms with E-state index < -0.39 is 0 Å². The molecule has 0 heterocycles. The summed E-state index contributed by atoms with van der Waals surface area (Å²) in [5.74, 6) is 0.155. The van der Waals surface area contributed by atoms with Crippen molar-refractivity contribution in [3.63, 3.8) is 0 Å². The van der Waals surface area contributed by atoms with Gasteiger partial charge in [0, 0.05) is 32.6 Å². The van der Waals surface area contributed by atoms with Gasteiger partial charge in [0.25, 0.3) is 0 Å². The van der Waals surface area contributed by atoms with E-state index in [1.807, 2.05) is 18.7 Å². The molecule has 0 aromatic rings. The number of nitriles is 1. The van der Waals surface area contributed by atoms with Crippen LogP contribution in [0.1, 0.15) is 41.0 Å². The molecule has 0 aliphatic rings. The number of hydrogen-bond donors (Lipinski definition) is 0. The van der Waals surface area contributed by atoms with Crippen LogP contribution in [0.5, 0.6) is 0 Å². The first-order chi connectivity index (χ1) is 8.34. The molecular weight excluding hydrogens is 226 g/mol. The molecule has 4 nitrogen and oxygen atoms in total. The summed E-state index contributed by atoms with van der Waals surface area (Å²) in [5.41, 5.74) is 0.138. The predicted octanol–water partition coefficient (Wildman–Crippen LogP) is 2.12. The van der Waals surface area contributed by atoms with E-state index >= 15 is 0 Å². The Morgan fingerprint density at radius 3 is 2.17 bits per heavy atom. The third-order valence-electron chi connectivity index (χ3n) is 2.71. The highest BCUT2D eigenvalue weighted by molar-refractivity contribution is 5.78. The fourth-order valence-electron chi connectivity index (χ4n) is 1.96. The van der Waals surface area contributed by atoms with Gasteiger partial charge in [0.05, 0.1) is 12.6 Å². The van der Waals surface area contributed by atoms with E-state index in [2.05, 4.69) is 31.7 Å². The van der Waals surface area contributed by atoms with Crippen molar-refractivity contribution >= 4 is 5.91 Å². The summed E-state index contributed by atoms with van der Waals surface area (Å²) < 4.78 is 0. The molecule has 104 valence electrons. The number of nitrogens with zero attached hydrogens (tertiary/aromatic N) is 3. The summed E-state index contributed by atoms with van der Waals surface area (Å²) in [6.07, 6.45) is 0.474. The SMILES string of the molecule is CCN(CC)C(=O)CN(CCC#N)CC(C)(C)C. The van der Waals surface area contributed by atoms with Gasteiger partial charge in [-0.05, 0) is 19.3 Å². The molecule has 0 aliphatic heterocycles. The highest BCUT2D eigenvalue weighted by atomic mass is 16.2. The Hall–Kier alpha value is -1.08. The number of carbonyl (C=O) groups is 1. The Morgan fingerprint density at radius 2 is 1.78 bits per heavy atom. The van der Waals surface area contributed by atoms with Crippen LogP contribution in [0.25, 0.3) is 0 Å². The molecule has 0 N–H and O–H groups in total. The van der Waals surface area contributed by atoms with Crippen LogP contribution in [0, 0.1) is 16.7 Å². The molecule has 0 rings (SSSR count). The first-order valence-electron chi connectivity index (χ1n) is 6.71. The lowest BCUT2D eigenvalue weighted by Crippen LogP contribution is -2.43. The third-order valence-corrected chi connectivity index (χ3v) is 2.71. The molecule has 0 unspecified atom stereocenters. The lowest BCUT2D eigenvalue weighted by molar-refractivity contribution is -0.132. The zero-order chi connectivity index (χ0) is 14.2. The van der Waals surface area contributed by atoms with Gasteiger partial charge >= 0.3 is 0 Å². The molecule has 0 spiro atoms. The van der Waals surface area contributed by atoms with Crippen molar-refractivity contribution in [3.8, 4) is 6.07 Å². The van der Waals surface area contributed by atoms with Crippen LogP contribution in [0.4, 0.5) is 0 Å². The van der Waals surface area contributed by atoms with E-state index in [0.29, 0.717) is 19.5 Å². The summed E-state index contributed by atoms with van der Waals surface area (Å²) in [5, 5.41) is 8.68. The van der Waals surface area contributed by atoms with Crippen molar-refractivity contribution < 1.29 is 4.79 Å². The van der Waals surface area contributed by atoms with Gasteiger partial charge in [-0.1, -0.05) is 20.8 Å². The van der Waals surface area contributed by atoms with Gasteiger partial charge in [-0.3, -0.25) is 9.69 Å². The van der Waals surface area contributed by atoms with Crippen LogP contribution in [0.15, 0.2) is 0 Å². The molecule has 0 aromatic heterocycles. The Bertz CT molecular complexity index is 284. The standard InChI is InChI=1S/C14H27N3O/c1-6-17(7-2)13(18)11-16(10-8-9-15)12-14(3,4)5/h6-8,10-12H2,1-5H3. The highest BCUT2D eigenvalue weighted by Crippen LogP contribution is 2.15. The van der Waals surface area contributed by atoms with E-state index in [0.717, 1.165) is 19.6 Å². The Labute approximate surface area is 112 Å². The lowest BCUT2D eigenvalue weighted by Gasteiger charge is -2.30. The van der Waals surface area contributed by atoms with Crippen molar-refractivity contribution in [2.45, 2.75) is 41.0 Å². The van der Waals surface area contributed by atoms with Crippen molar-refractivity contribution in [3.05, 3.63) is 0 Å². The quantitative estimate of drug-likeness (QED) is 0.698. The average Bonchev–Trinajstić information content (AvgIpc) is 2.25. The summed E-state index contributed by atoms with van der Waals surface area (Å²) in [6.45, 7) is 13.8. The van der Waals surface area contributed by atoms with Gasteiger partial charge in [-0.25, -0.2) is 0 Å². The smallest absolute Gasteiger partial charge is 0.236 e. The van der Waals surface area contributed by atoms with Crippen LogP contribution in [0.3, 0.4) is 0 Å². The summed E-state index contributed by atoms with van der Waals surface area (Å²) >= 11 is 0. The van der Waals surface area contributed by atoms with E-state index in [9.17, 15) is 4.79 Å². The molecule has 0 aliphatic carbocycles. The zero-order valence-electron chi connectivity index (χ0n) is 12.5. The largest absolute Gasteiger partial charge is 0.342 e. The van der Waals surface area contributed by atoms with E-state index in [1.165, 1.54) is 0 Å². The second-order valence-electron chi connectivity index (χ2n) is 5.75. The van der Waals surface area contributed by atoms with E-state index in [1.54, 1.807) is 0 Å². The number of amides is 1. The molecule has 0 saturated heterocycles. The molecule has 4 heteroatoms. The first-order valence-corrected chi connectivity index (χ1v) is 6.71. The molecule has 1 amide bonds. The molecular formula is C14H27N3O. The van der Waals surface area contributed by atoms with Gasteiger partial charge in [0.15, 0.2) is 0 Å². The number of rotatable bonds is 7. The van der Waals surface area contributed by atoms with Gasteiger partial charge < -0.3 is 4.90 Å². The molecule has 0 radical (unpaired) electrons. The number of likely N-dealkylation sites (N-methyl/N-ethyl adjacent to an activating group) is 1. The fourth-order valence-corrected chi connectivity index (χ4v) is 1.96. The molecule has 0 bridgehead atoms. The Morgan fingerprint density at radius 1 is 1.22 bits per heavy atom. The van der Waals surface area contributed by atoms with Crippen molar-refractivity contribution in [2.24, 2.45) is 5.41 Å². The highest BCUT2D eigenvalue weighted by Gasteiger charge is 2.20. The summed E-state index contributed by atoms with van der Waals surface area (Å²) in [7, 11) is 0. The average molecular weight is 253 g/mol. The second-order valence-corrected chi connectivity index (χ2v) is 5.75. The minimum atomic E-state index is 0.138. The molecule has 0 atom stereocenters. The number of hydrogen-bond acceptors (Lipinski definition) is 3. The maximum atomic E-state index is 12.1. The summed E-state index contributed by atoms with van der Waals surface area (Å²) in [6, 6.07) is 2.15. The van der Waals surface area contributed by atoms with Gasteiger partial charge in [0.1, 0.15) is 0 Å². The lowest BCUT2D eigenvalue weighted by atomic mass is 9.96. The van der Waals surface area contributed by atoms with Crippen molar-refractivity contribution in [1.82, 2.24) is 9.80 Å². The van der Waals surface area contributed by atoms with Crippen LogP contribution in [-0.4, -0.2) is 48.4 Å². The monoisotopic (exact) mass is 253 g/mol. The van der Waals surface area contributed by atoms with Gasteiger partial charge in [0.2, 0.25) is 5.91 Å². The van der Waals surface area contributed by atoms with Crippen LogP contribution in [0.2, 0.25) is 0 Å². The zero-order valence-corrected chi connectivity index (χ0v) is 12.5. The van der Waals surface area contributed by atoms with Crippen molar-refractivity contribution in [1.29, 1.82) is 5.26 Å². The molecule has 0 aromatic carbocycles. The van der Waals surface area contributed by atoms with Crippen molar-refractivity contribution in [2.75, 3.05) is 32.7 Å². The second kappa shape index (κ2) is 8.10. The van der Waals surface area contributed by atoms with Crippen LogP contribution < -0.4 is 0 Å². The van der Waals surface area contributed by atoms with E-state index in [4.69, 9.17) is 5.26 Å². The maximum Gasteiger partial charge on any atom is 0.236 e. The topological polar surface area (TPSA) is 47.3 Å². The predicted molar refractivity (Wildman–Crippen MR) is 74.1 cm³/mol. The van der Waals surface area contributed by atoms with Crippen LogP contribution >= 0.6 is 0 Å². The van der Waals surface area contributed by atoms with E-state index in [-0.39, 0.29) is 11.3 Å². The number of carbonyl (C=O) groups excluding carboxylic acids is 1. The van der Waals surface area contributed by atoms with Gasteiger partial charge in [-0.2, -0.15) is 5.26 Å².